The zero-order chi connectivity index (χ0) is 12.3. The molecule has 2 rings (SSSR count). The van der Waals surface area contributed by atoms with E-state index < -0.39 is 11.3 Å². The number of hydrogen-bond donors (Lipinski definition) is 2. The fourth-order valence-corrected chi connectivity index (χ4v) is 1.10. The van der Waals surface area contributed by atoms with Crippen molar-refractivity contribution in [3.63, 3.8) is 0 Å². The average Bonchev–Trinajstić information content (AvgIpc) is 2.81. The summed E-state index contributed by atoms with van der Waals surface area (Å²) >= 11 is 0. The van der Waals surface area contributed by atoms with Crippen molar-refractivity contribution in [2.24, 2.45) is 0 Å². The van der Waals surface area contributed by atoms with Crippen LogP contribution >= 0.6 is 0 Å². The van der Waals surface area contributed by atoms with Gasteiger partial charge in [-0.05, 0) is 0 Å². The van der Waals surface area contributed by atoms with Gasteiger partial charge >= 0.3 is 0 Å². The molecular formula is C9H8N4O4. The second kappa shape index (κ2) is 4.47. The predicted molar refractivity (Wildman–Crippen MR) is 55.9 cm³/mol. The highest BCUT2D eigenvalue weighted by Crippen LogP contribution is 2.06. The van der Waals surface area contributed by atoms with E-state index in [0.717, 1.165) is 12.3 Å². The normalized spacial score (nSPS) is 9.94. The summed E-state index contributed by atoms with van der Waals surface area (Å²) in [5, 5.41) is 8.35. The van der Waals surface area contributed by atoms with Gasteiger partial charge in [-0.25, -0.2) is 5.10 Å². The summed E-state index contributed by atoms with van der Waals surface area (Å²) in [6.45, 7) is 0. The molecule has 17 heavy (non-hydrogen) atoms. The molecule has 8 nitrogen and oxygen atoms in total. The lowest BCUT2D eigenvalue weighted by Gasteiger charge is -2.01. The van der Waals surface area contributed by atoms with Gasteiger partial charge < -0.3 is 9.15 Å². The van der Waals surface area contributed by atoms with Gasteiger partial charge in [-0.3, -0.25) is 14.9 Å². The van der Waals surface area contributed by atoms with E-state index in [9.17, 15) is 9.59 Å². The number of amides is 1. The third-order valence-corrected chi connectivity index (χ3v) is 1.89. The predicted octanol–water partition coefficient (Wildman–Crippen LogP) is 0.0188. The number of nitrogens with zero attached hydrogens (tertiary/aromatic N) is 2. The zero-order valence-electron chi connectivity index (χ0n) is 8.76. The second-order valence-corrected chi connectivity index (χ2v) is 2.97. The van der Waals surface area contributed by atoms with Crippen LogP contribution in [0.4, 0.5) is 5.95 Å². The van der Waals surface area contributed by atoms with E-state index in [1.54, 1.807) is 0 Å². The molecule has 2 aromatic heterocycles. The minimum atomic E-state index is -0.610. The van der Waals surface area contributed by atoms with Crippen molar-refractivity contribution in [3.8, 4) is 5.75 Å². The van der Waals surface area contributed by atoms with Crippen LogP contribution in [0.2, 0.25) is 0 Å². The van der Waals surface area contributed by atoms with Crippen molar-refractivity contribution in [2.45, 2.75) is 0 Å². The van der Waals surface area contributed by atoms with E-state index in [1.807, 2.05) is 0 Å². The number of methoxy groups -OCH3 is 1. The first-order chi connectivity index (χ1) is 8.20. The van der Waals surface area contributed by atoms with Gasteiger partial charge in [0.1, 0.15) is 12.6 Å². The van der Waals surface area contributed by atoms with Gasteiger partial charge in [-0.15, -0.1) is 0 Å². The van der Waals surface area contributed by atoms with Gasteiger partial charge in [0.05, 0.1) is 7.11 Å². The molecule has 2 heterocycles. The molecule has 8 heteroatoms. The Balaban J connectivity index is 2.20. The van der Waals surface area contributed by atoms with Crippen LogP contribution in [0.25, 0.3) is 0 Å². The molecule has 0 bridgehead atoms. The van der Waals surface area contributed by atoms with Crippen molar-refractivity contribution >= 4 is 11.9 Å². The van der Waals surface area contributed by atoms with Crippen molar-refractivity contribution in [2.75, 3.05) is 12.4 Å². The van der Waals surface area contributed by atoms with Crippen LogP contribution < -0.4 is 15.5 Å². The van der Waals surface area contributed by atoms with Crippen molar-refractivity contribution in [3.05, 3.63) is 34.6 Å². The number of H-pyrrole nitrogens is 1. The largest absolute Gasteiger partial charge is 0.490 e. The van der Waals surface area contributed by atoms with Crippen LogP contribution in [0.15, 0.2) is 27.9 Å². The van der Waals surface area contributed by atoms with Gasteiger partial charge in [-0.1, -0.05) is 0 Å². The lowest BCUT2D eigenvalue weighted by atomic mass is 10.3. The van der Waals surface area contributed by atoms with E-state index in [2.05, 4.69) is 20.5 Å². The summed E-state index contributed by atoms with van der Waals surface area (Å²) < 4.78 is 9.66. The number of anilines is 1. The summed E-state index contributed by atoms with van der Waals surface area (Å²) in [6, 6.07) is 1.03. The molecule has 0 fully saturated rings. The Bertz CT molecular complexity index is 575. The Kier molecular flexibility index (Phi) is 2.86. The number of carbonyl (C=O) groups is 1. The van der Waals surface area contributed by atoms with Crippen molar-refractivity contribution in [1.29, 1.82) is 0 Å². The maximum Gasteiger partial charge on any atom is 0.293 e. The van der Waals surface area contributed by atoms with Crippen molar-refractivity contribution < 1.29 is 13.9 Å². The van der Waals surface area contributed by atoms with Crippen LogP contribution in [-0.2, 0) is 0 Å². The molecule has 88 valence electrons. The number of ether oxygens (including phenoxy) is 1. The van der Waals surface area contributed by atoms with E-state index >= 15 is 0 Å². The third-order valence-electron chi connectivity index (χ3n) is 1.89. The molecule has 0 atom stereocenters. The molecule has 0 saturated carbocycles. The summed E-state index contributed by atoms with van der Waals surface area (Å²) in [4.78, 5) is 26.7. The molecule has 0 spiro atoms. The minimum absolute atomic E-state index is 0.0289. The third kappa shape index (κ3) is 2.30. The maximum absolute atomic E-state index is 11.6. The fourth-order valence-electron chi connectivity index (χ4n) is 1.10. The lowest BCUT2D eigenvalue weighted by molar-refractivity contribution is 0.0993. The molecule has 0 aliphatic heterocycles. The Morgan fingerprint density at radius 1 is 1.59 bits per heavy atom. The van der Waals surface area contributed by atoms with Crippen LogP contribution in [0.5, 0.6) is 5.75 Å². The van der Waals surface area contributed by atoms with E-state index in [1.165, 1.54) is 13.4 Å². The first-order valence-corrected chi connectivity index (χ1v) is 4.54. The molecule has 2 N–H and O–H groups in total. The SMILES string of the molecule is COc1coc(C(=O)Nc2ncn[nH]2)cc1=O. The van der Waals surface area contributed by atoms with Gasteiger partial charge in [0.15, 0.2) is 5.76 Å². The summed E-state index contributed by atoms with van der Waals surface area (Å²) in [7, 11) is 1.33. The molecule has 2 aromatic rings. The second-order valence-electron chi connectivity index (χ2n) is 2.97. The van der Waals surface area contributed by atoms with E-state index in [-0.39, 0.29) is 17.5 Å². The Morgan fingerprint density at radius 3 is 3.00 bits per heavy atom. The van der Waals surface area contributed by atoms with Crippen molar-refractivity contribution in [1.82, 2.24) is 15.2 Å². The quantitative estimate of drug-likeness (QED) is 0.777. The highest BCUT2D eigenvalue weighted by Gasteiger charge is 2.12. The molecule has 0 aliphatic rings. The molecule has 0 aliphatic carbocycles. The standard InChI is InChI=1S/C9H8N4O4/c1-16-7-3-17-6(2-5(7)14)8(15)12-9-10-4-11-13-9/h2-4H,1H3,(H2,10,11,12,13,15). The first kappa shape index (κ1) is 10.9. The first-order valence-electron chi connectivity index (χ1n) is 4.54. The fraction of sp³-hybridized carbons (Fsp3) is 0.111. The topological polar surface area (TPSA) is 110 Å². The number of rotatable bonds is 3. The van der Waals surface area contributed by atoms with E-state index in [4.69, 9.17) is 9.15 Å². The average molecular weight is 236 g/mol. The lowest BCUT2D eigenvalue weighted by Crippen LogP contribution is -2.16. The van der Waals surface area contributed by atoms with Crippen LogP contribution in [0, 0.1) is 0 Å². The molecular weight excluding hydrogens is 228 g/mol. The number of nitrogens with one attached hydrogen (secondary N) is 2. The van der Waals surface area contributed by atoms with Gasteiger partial charge in [0, 0.05) is 6.07 Å². The number of hydrogen-bond acceptors (Lipinski definition) is 6. The van der Waals surface area contributed by atoms with Gasteiger partial charge in [-0.2, -0.15) is 10.1 Å². The monoisotopic (exact) mass is 236 g/mol. The number of aromatic amines is 1. The van der Waals surface area contributed by atoms with Crippen LogP contribution in [0.3, 0.4) is 0 Å². The Hall–Kier alpha value is -2.64. The Labute approximate surface area is 94.6 Å². The summed E-state index contributed by atoms with van der Waals surface area (Å²) in [5.41, 5.74) is -0.443. The summed E-state index contributed by atoms with van der Waals surface area (Å²) in [6.07, 6.45) is 2.30. The van der Waals surface area contributed by atoms with Gasteiger partial charge in [0.25, 0.3) is 5.91 Å². The highest BCUT2D eigenvalue weighted by atomic mass is 16.5. The van der Waals surface area contributed by atoms with Crippen LogP contribution in [-0.4, -0.2) is 28.2 Å². The number of carbonyl (C=O) groups excluding carboxylic acids is 1. The molecule has 0 unspecified atom stereocenters. The van der Waals surface area contributed by atoms with Crippen LogP contribution in [0.1, 0.15) is 10.6 Å². The molecule has 0 aromatic carbocycles. The maximum atomic E-state index is 11.6. The zero-order valence-corrected chi connectivity index (χ0v) is 8.76. The van der Waals surface area contributed by atoms with E-state index in [0.29, 0.717) is 0 Å². The molecule has 1 amide bonds. The smallest absolute Gasteiger partial charge is 0.293 e. The minimum Gasteiger partial charge on any atom is -0.490 e. The summed E-state index contributed by atoms with van der Waals surface area (Å²) in [5.74, 6) is -0.566. The highest BCUT2D eigenvalue weighted by molar-refractivity contribution is 6.01. The molecule has 0 radical (unpaired) electrons. The molecule has 0 saturated heterocycles. The number of aromatic nitrogens is 3. The van der Waals surface area contributed by atoms with Gasteiger partial charge in [0.2, 0.25) is 17.1 Å². The Morgan fingerprint density at radius 2 is 2.41 bits per heavy atom.